The molecule has 1 aromatic carbocycles. The van der Waals surface area contributed by atoms with Crippen LogP contribution >= 0.6 is 0 Å². The van der Waals surface area contributed by atoms with Crippen LogP contribution in [0.15, 0.2) is 53.9 Å². The van der Waals surface area contributed by atoms with Crippen molar-refractivity contribution in [2.75, 3.05) is 5.73 Å². The first-order valence-corrected chi connectivity index (χ1v) is 8.92. The van der Waals surface area contributed by atoms with Gasteiger partial charge in [0.25, 0.3) is 5.03 Å². The van der Waals surface area contributed by atoms with E-state index in [-0.39, 0.29) is 11.2 Å². The standard InChI is InChI=1S/C18H17FN4OS/c1-11(2)25(24)17-15(4-3-7-21-17)12-5-6-14(16(19)8-12)13-9-22-18(20)23-10-13/h3-11H,1-2H3,(H2,20,22,23). The van der Waals surface area contributed by atoms with Gasteiger partial charge in [0.15, 0.2) is 0 Å². The highest BCUT2D eigenvalue weighted by Crippen LogP contribution is 2.31. The Morgan fingerprint density at radius 3 is 2.40 bits per heavy atom. The van der Waals surface area contributed by atoms with Gasteiger partial charge in [0.05, 0.1) is 5.56 Å². The number of halogens is 1. The van der Waals surface area contributed by atoms with E-state index in [1.807, 2.05) is 13.8 Å². The van der Waals surface area contributed by atoms with Crippen molar-refractivity contribution in [2.24, 2.45) is 0 Å². The number of nitrogen functional groups attached to an aromatic ring is 1. The van der Waals surface area contributed by atoms with Gasteiger partial charge in [0.2, 0.25) is 5.95 Å². The van der Waals surface area contributed by atoms with Gasteiger partial charge in [-0.15, -0.1) is 0 Å². The van der Waals surface area contributed by atoms with Crippen LogP contribution in [0.3, 0.4) is 0 Å². The lowest BCUT2D eigenvalue weighted by atomic mass is 10.0. The second-order valence-electron chi connectivity index (χ2n) is 5.73. The zero-order chi connectivity index (χ0) is 18.0. The maximum absolute atomic E-state index is 14.6. The maximum Gasteiger partial charge on any atom is 0.252 e. The second-order valence-corrected chi connectivity index (χ2v) is 7.65. The van der Waals surface area contributed by atoms with Crippen molar-refractivity contribution in [2.45, 2.75) is 24.1 Å². The summed E-state index contributed by atoms with van der Waals surface area (Å²) in [4.78, 5) is 12.0. The summed E-state index contributed by atoms with van der Waals surface area (Å²) in [6.07, 6.45) is 4.54. The van der Waals surface area contributed by atoms with Gasteiger partial charge < -0.3 is 10.3 Å². The second kappa shape index (κ2) is 7.16. The van der Waals surface area contributed by atoms with Gasteiger partial charge in [0.1, 0.15) is 11.1 Å². The summed E-state index contributed by atoms with van der Waals surface area (Å²) in [7, 11) is 0. The molecule has 2 aromatic heterocycles. The Labute approximate surface area is 148 Å². The quantitative estimate of drug-likeness (QED) is 0.724. The van der Waals surface area contributed by atoms with Gasteiger partial charge in [-0.3, -0.25) is 0 Å². The average Bonchev–Trinajstić information content (AvgIpc) is 2.62. The summed E-state index contributed by atoms with van der Waals surface area (Å²) in [5, 5.41) is 0.380. The summed E-state index contributed by atoms with van der Waals surface area (Å²) in [6, 6.07) is 8.37. The molecule has 2 N–H and O–H groups in total. The third-order valence-corrected chi connectivity index (χ3v) is 5.22. The minimum atomic E-state index is -1.27. The highest BCUT2D eigenvalue weighted by atomic mass is 32.2. The van der Waals surface area contributed by atoms with Crippen LogP contribution in [0, 0.1) is 5.82 Å². The Hall–Kier alpha value is -2.51. The topological polar surface area (TPSA) is 87.8 Å². The van der Waals surface area contributed by atoms with E-state index in [1.54, 1.807) is 30.5 Å². The van der Waals surface area contributed by atoms with Gasteiger partial charge in [-0.1, -0.05) is 12.1 Å². The van der Waals surface area contributed by atoms with E-state index in [0.717, 1.165) is 0 Å². The molecule has 25 heavy (non-hydrogen) atoms. The van der Waals surface area contributed by atoms with E-state index in [1.165, 1.54) is 18.5 Å². The lowest BCUT2D eigenvalue weighted by Crippen LogP contribution is -2.16. The molecular weight excluding hydrogens is 339 g/mol. The van der Waals surface area contributed by atoms with Crippen molar-refractivity contribution in [3.8, 4) is 22.3 Å². The molecule has 0 saturated carbocycles. The molecule has 5 nitrogen and oxygen atoms in total. The normalized spacial score (nSPS) is 12.4. The van der Waals surface area contributed by atoms with E-state index in [0.29, 0.717) is 27.3 Å². The zero-order valence-electron chi connectivity index (χ0n) is 13.8. The minimum Gasteiger partial charge on any atom is -0.610 e. The van der Waals surface area contributed by atoms with Crippen molar-refractivity contribution in [3.63, 3.8) is 0 Å². The summed E-state index contributed by atoms with van der Waals surface area (Å²) in [5.41, 5.74) is 7.65. The first kappa shape index (κ1) is 17.3. The van der Waals surface area contributed by atoms with E-state index in [9.17, 15) is 8.94 Å². The van der Waals surface area contributed by atoms with E-state index >= 15 is 0 Å². The van der Waals surface area contributed by atoms with E-state index in [4.69, 9.17) is 5.73 Å². The van der Waals surface area contributed by atoms with Crippen LogP contribution in [0.1, 0.15) is 13.8 Å². The zero-order valence-corrected chi connectivity index (χ0v) is 14.6. The van der Waals surface area contributed by atoms with E-state index in [2.05, 4.69) is 15.0 Å². The van der Waals surface area contributed by atoms with E-state index < -0.39 is 17.0 Å². The molecule has 7 heteroatoms. The molecule has 0 fully saturated rings. The molecule has 0 amide bonds. The van der Waals surface area contributed by atoms with Crippen LogP contribution in [0.2, 0.25) is 0 Å². The van der Waals surface area contributed by atoms with Crippen LogP contribution in [-0.4, -0.2) is 24.8 Å². The van der Waals surface area contributed by atoms with Crippen LogP contribution in [0.4, 0.5) is 10.3 Å². The number of nitrogens with two attached hydrogens (primary N) is 1. The van der Waals surface area contributed by atoms with Gasteiger partial charge in [-0.2, -0.15) is 0 Å². The number of hydrogen-bond acceptors (Lipinski definition) is 5. The van der Waals surface area contributed by atoms with Crippen molar-refractivity contribution in [1.82, 2.24) is 15.0 Å². The van der Waals surface area contributed by atoms with Crippen molar-refractivity contribution in [3.05, 3.63) is 54.7 Å². The molecule has 128 valence electrons. The van der Waals surface area contributed by atoms with Crippen LogP contribution in [-0.2, 0) is 11.2 Å². The Bertz CT molecular complexity index is 886. The molecule has 0 bridgehead atoms. The average molecular weight is 356 g/mol. The predicted octanol–water partition coefficient (Wildman–Crippen LogP) is 3.44. The Balaban J connectivity index is 2.03. The Kier molecular flexibility index (Phi) is 4.96. The summed E-state index contributed by atoms with van der Waals surface area (Å²) in [6.45, 7) is 3.72. The number of hydrogen-bond donors (Lipinski definition) is 1. The van der Waals surface area contributed by atoms with Crippen LogP contribution in [0.5, 0.6) is 0 Å². The molecule has 0 spiro atoms. The molecule has 3 rings (SSSR count). The van der Waals surface area contributed by atoms with Gasteiger partial charge in [-0.05, 0) is 37.6 Å². The number of rotatable bonds is 4. The molecule has 0 saturated heterocycles. The molecule has 0 aliphatic rings. The summed E-state index contributed by atoms with van der Waals surface area (Å²) >= 11 is -1.27. The largest absolute Gasteiger partial charge is 0.610 e. The van der Waals surface area contributed by atoms with Crippen molar-refractivity contribution >= 4 is 17.1 Å². The third-order valence-electron chi connectivity index (χ3n) is 3.65. The first-order chi connectivity index (χ1) is 12.0. The van der Waals surface area contributed by atoms with Gasteiger partial charge >= 0.3 is 0 Å². The molecular formula is C18H17FN4OS. The fourth-order valence-corrected chi connectivity index (χ4v) is 3.40. The van der Waals surface area contributed by atoms with Gasteiger partial charge in [-0.25, -0.2) is 19.3 Å². The van der Waals surface area contributed by atoms with Crippen LogP contribution in [0.25, 0.3) is 22.3 Å². The minimum absolute atomic E-state index is 0.0790. The highest BCUT2D eigenvalue weighted by molar-refractivity contribution is 7.92. The maximum atomic E-state index is 14.6. The van der Waals surface area contributed by atoms with Crippen molar-refractivity contribution < 1.29 is 8.94 Å². The highest BCUT2D eigenvalue weighted by Gasteiger charge is 2.22. The molecule has 0 aliphatic carbocycles. The Morgan fingerprint density at radius 1 is 1.04 bits per heavy atom. The smallest absolute Gasteiger partial charge is 0.252 e. The number of pyridine rings is 1. The van der Waals surface area contributed by atoms with Crippen molar-refractivity contribution in [1.29, 1.82) is 0 Å². The summed E-state index contributed by atoms with van der Waals surface area (Å²) in [5.74, 6) is -0.284. The Morgan fingerprint density at radius 2 is 1.76 bits per heavy atom. The molecule has 1 atom stereocenters. The number of benzene rings is 1. The molecule has 2 heterocycles. The molecule has 0 radical (unpaired) electrons. The molecule has 0 aliphatic heterocycles. The lowest BCUT2D eigenvalue weighted by molar-refractivity contribution is 0.583. The monoisotopic (exact) mass is 356 g/mol. The third kappa shape index (κ3) is 3.62. The lowest BCUT2D eigenvalue weighted by Gasteiger charge is -2.16. The van der Waals surface area contributed by atoms with Gasteiger partial charge in [0, 0.05) is 40.9 Å². The SMILES string of the molecule is CC(C)[S+]([O-])c1ncccc1-c1ccc(-c2cnc(N)nc2)c(F)c1. The number of aromatic nitrogens is 3. The fraction of sp³-hybridized carbons (Fsp3) is 0.167. The molecule has 3 aromatic rings. The van der Waals surface area contributed by atoms with Crippen LogP contribution < -0.4 is 5.73 Å². The molecule has 1 unspecified atom stereocenters. The fourth-order valence-electron chi connectivity index (χ4n) is 2.39. The summed E-state index contributed by atoms with van der Waals surface area (Å²) < 4.78 is 27.1. The predicted molar refractivity (Wildman–Crippen MR) is 96.6 cm³/mol. The number of nitrogens with zero attached hydrogens (tertiary/aromatic N) is 3. The number of anilines is 1. The first-order valence-electron chi connectivity index (χ1n) is 7.70.